The SMILES string of the molecule is O=C(O)[C@H](Cc1ccc(O)cc1)NC(=O)[C@@H]1C[C@@H](S(=O)(=O)O)CN1. The molecule has 0 bridgehead atoms. The fourth-order valence-electron chi connectivity index (χ4n) is 2.47. The summed E-state index contributed by atoms with van der Waals surface area (Å²) in [6.45, 7) is -0.0768. The molecule has 132 valence electrons. The van der Waals surface area contributed by atoms with Crippen molar-refractivity contribution in [3.8, 4) is 5.75 Å². The van der Waals surface area contributed by atoms with Crippen LogP contribution in [-0.2, 0) is 26.1 Å². The van der Waals surface area contributed by atoms with Crippen LogP contribution in [0.1, 0.15) is 12.0 Å². The summed E-state index contributed by atoms with van der Waals surface area (Å²) in [5.41, 5.74) is 0.607. The van der Waals surface area contributed by atoms with Crippen molar-refractivity contribution in [3.05, 3.63) is 29.8 Å². The molecule has 0 aromatic heterocycles. The van der Waals surface area contributed by atoms with Gasteiger partial charge in [-0.1, -0.05) is 12.1 Å². The Morgan fingerprint density at radius 3 is 2.42 bits per heavy atom. The van der Waals surface area contributed by atoms with Crippen molar-refractivity contribution >= 4 is 22.0 Å². The molecule has 5 N–H and O–H groups in total. The van der Waals surface area contributed by atoms with Crippen molar-refractivity contribution in [1.82, 2.24) is 10.6 Å². The summed E-state index contributed by atoms with van der Waals surface area (Å²) < 4.78 is 31.1. The van der Waals surface area contributed by atoms with Crippen LogP contribution in [0, 0.1) is 0 Å². The molecule has 0 aliphatic carbocycles. The summed E-state index contributed by atoms with van der Waals surface area (Å²) in [4.78, 5) is 23.4. The van der Waals surface area contributed by atoms with Gasteiger partial charge in [0, 0.05) is 13.0 Å². The van der Waals surface area contributed by atoms with Crippen LogP contribution in [0.15, 0.2) is 24.3 Å². The number of aromatic hydroxyl groups is 1. The number of carboxylic acid groups (broad SMARTS) is 1. The molecule has 1 aliphatic rings. The number of nitrogens with one attached hydrogen (secondary N) is 2. The van der Waals surface area contributed by atoms with Gasteiger partial charge >= 0.3 is 5.97 Å². The molecule has 24 heavy (non-hydrogen) atoms. The second-order valence-electron chi connectivity index (χ2n) is 5.60. The molecule has 0 saturated carbocycles. The van der Waals surface area contributed by atoms with Crippen LogP contribution >= 0.6 is 0 Å². The molecule has 0 unspecified atom stereocenters. The van der Waals surface area contributed by atoms with E-state index in [1.165, 1.54) is 12.1 Å². The largest absolute Gasteiger partial charge is 0.508 e. The third kappa shape index (κ3) is 4.66. The maximum absolute atomic E-state index is 12.1. The molecule has 1 aliphatic heterocycles. The van der Waals surface area contributed by atoms with Crippen LogP contribution in [0.3, 0.4) is 0 Å². The van der Waals surface area contributed by atoms with E-state index >= 15 is 0 Å². The number of phenols is 1. The minimum absolute atomic E-state index is 0.00972. The third-order valence-electron chi connectivity index (χ3n) is 3.82. The second-order valence-corrected chi connectivity index (χ2v) is 7.30. The summed E-state index contributed by atoms with van der Waals surface area (Å²) in [6.07, 6.45) is -0.119. The predicted octanol–water partition coefficient (Wildman–Crippen LogP) is -0.878. The Balaban J connectivity index is 1.99. The summed E-state index contributed by atoms with van der Waals surface area (Å²) in [7, 11) is -4.25. The first-order valence-electron chi connectivity index (χ1n) is 7.17. The minimum Gasteiger partial charge on any atom is -0.508 e. The van der Waals surface area contributed by atoms with Crippen LogP contribution in [0.25, 0.3) is 0 Å². The maximum Gasteiger partial charge on any atom is 0.326 e. The van der Waals surface area contributed by atoms with Gasteiger partial charge in [-0.2, -0.15) is 8.42 Å². The molecular weight excluding hydrogens is 340 g/mol. The zero-order valence-electron chi connectivity index (χ0n) is 12.5. The molecule has 2 rings (SSSR count). The first-order valence-corrected chi connectivity index (χ1v) is 8.68. The Morgan fingerprint density at radius 2 is 1.92 bits per heavy atom. The van der Waals surface area contributed by atoms with Crippen LogP contribution in [0.4, 0.5) is 0 Å². The van der Waals surface area contributed by atoms with Crippen molar-refractivity contribution in [2.45, 2.75) is 30.2 Å². The fourth-order valence-corrected chi connectivity index (χ4v) is 3.21. The number of carboxylic acids is 1. The molecule has 1 amide bonds. The average Bonchev–Trinajstić information content (AvgIpc) is 2.98. The van der Waals surface area contributed by atoms with Crippen LogP contribution in [-0.4, -0.2) is 58.9 Å². The summed E-state index contributed by atoms with van der Waals surface area (Å²) in [5.74, 6) is -1.84. The number of aliphatic carboxylic acids is 1. The van der Waals surface area contributed by atoms with Gasteiger partial charge in [0.05, 0.1) is 6.04 Å². The van der Waals surface area contributed by atoms with Crippen molar-refractivity contribution < 1.29 is 32.8 Å². The lowest BCUT2D eigenvalue weighted by atomic mass is 10.1. The third-order valence-corrected chi connectivity index (χ3v) is 5.02. The molecule has 1 heterocycles. The molecular formula is C14H18N2O7S. The van der Waals surface area contributed by atoms with E-state index in [0.29, 0.717) is 5.56 Å². The lowest BCUT2D eigenvalue weighted by molar-refractivity contribution is -0.142. The van der Waals surface area contributed by atoms with Gasteiger partial charge in [0.1, 0.15) is 17.0 Å². The van der Waals surface area contributed by atoms with E-state index < -0.39 is 39.3 Å². The monoisotopic (exact) mass is 358 g/mol. The summed E-state index contributed by atoms with van der Waals surface area (Å²) >= 11 is 0. The summed E-state index contributed by atoms with van der Waals surface area (Å²) in [6, 6.07) is 3.81. The van der Waals surface area contributed by atoms with Gasteiger partial charge < -0.3 is 20.8 Å². The van der Waals surface area contributed by atoms with E-state index in [1.807, 2.05) is 0 Å². The quantitative estimate of drug-likeness (QED) is 0.411. The highest BCUT2D eigenvalue weighted by Gasteiger charge is 2.37. The second kappa shape index (κ2) is 7.16. The van der Waals surface area contributed by atoms with Crippen molar-refractivity contribution in [1.29, 1.82) is 0 Å². The number of phenolic OH excluding ortho intramolecular Hbond substituents is 1. The zero-order chi connectivity index (χ0) is 17.9. The summed E-state index contributed by atoms with van der Waals surface area (Å²) in [5, 5.41) is 22.4. The molecule has 3 atom stereocenters. The Hall–Kier alpha value is -2.17. The van der Waals surface area contributed by atoms with Crippen LogP contribution in [0.5, 0.6) is 5.75 Å². The molecule has 1 aromatic rings. The highest BCUT2D eigenvalue weighted by Crippen LogP contribution is 2.15. The predicted molar refractivity (Wildman–Crippen MR) is 83.1 cm³/mol. The van der Waals surface area contributed by atoms with E-state index in [2.05, 4.69) is 10.6 Å². The number of hydrogen-bond donors (Lipinski definition) is 5. The fraction of sp³-hybridized carbons (Fsp3) is 0.429. The Labute approximate surface area is 138 Å². The molecule has 0 spiro atoms. The van der Waals surface area contributed by atoms with Gasteiger partial charge in [0.25, 0.3) is 10.1 Å². The van der Waals surface area contributed by atoms with Gasteiger partial charge in [-0.25, -0.2) is 4.79 Å². The van der Waals surface area contributed by atoms with Gasteiger partial charge in [-0.15, -0.1) is 0 Å². The van der Waals surface area contributed by atoms with Gasteiger partial charge in [-0.3, -0.25) is 9.35 Å². The van der Waals surface area contributed by atoms with Crippen molar-refractivity contribution in [3.63, 3.8) is 0 Å². The highest BCUT2D eigenvalue weighted by atomic mass is 32.2. The average molecular weight is 358 g/mol. The van der Waals surface area contributed by atoms with Gasteiger partial charge in [0.2, 0.25) is 5.91 Å². The first-order chi connectivity index (χ1) is 11.2. The van der Waals surface area contributed by atoms with Gasteiger partial charge in [0.15, 0.2) is 0 Å². The standard InChI is InChI=1S/C14H18N2O7S/c17-9-3-1-8(2-4-9)5-12(14(19)20)16-13(18)11-6-10(7-15-11)24(21,22)23/h1-4,10-12,15,17H,5-7H2,(H,16,18)(H,19,20)(H,21,22,23)/t10-,11+,12+/m1/s1. The molecule has 10 heteroatoms. The first kappa shape index (κ1) is 18.2. The Bertz CT molecular complexity index is 717. The molecule has 9 nitrogen and oxygen atoms in total. The number of benzene rings is 1. The smallest absolute Gasteiger partial charge is 0.326 e. The van der Waals surface area contributed by atoms with Crippen LogP contribution < -0.4 is 10.6 Å². The lowest BCUT2D eigenvalue weighted by Gasteiger charge is -2.17. The highest BCUT2D eigenvalue weighted by molar-refractivity contribution is 7.86. The number of amides is 1. The van der Waals surface area contributed by atoms with Crippen LogP contribution in [0.2, 0.25) is 0 Å². The number of carbonyl (C=O) groups is 2. The van der Waals surface area contributed by atoms with Gasteiger partial charge in [-0.05, 0) is 24.1 Å². The van der Waals surface area contributed by atoms with E-state index in [0.717, 1.165) is 0 Å². The maximum atomic E-state index is 12.1. The van der Waals surface area contributed by atoms with E-state index in [-0.39, 0.29) is 25.1 Å². The number of carbonyl (C=O) groups excluding carboxylic acids is 1. The molecule has 1 saturated heterocycles. The topological polar surface area (TPSA) is 153 Å². The molecule has 1 fully saturated rings. The van der Waals surface area contributed by atoms with Crippen molar-refractivity contribution in [2.24, 2.45) is 0 Å². The normalized spacial score (nSPS) is 22.0. The zero-order valence-corrected chi connectivity index (χ0v) is 13.4. The minimum atomic E-state index is -4.25. The van der Waals surface area contributed by atoms with E-state index in [1.54, 1.807) is 12.1 Å². The molecule has 1 aromatic carbocycles. The van der Waals surface area contributed by atoms with E-state index in [4.69, 9.17) is 4.55 Å². The Morgan fingerprint density at radius 1 is 1.29 bits per heavy atom. The number of hydrogen-bond acceptors (Lipinski definition) is 6. The lowest BCUT2D eigenvalue weighted by Crippen LogP contribution is -2.49. The molecule has 0 radical (unpaired) electrons. The van der Waals surface area contributed by atoms with Crippen molar-refractivity contribution in [2.75, 3.05) is 6.54 Å². The Kier molecular flexibility index (Phi) is 5.42. The van der Waals surface area contributed by atoms with E-state index in [9.17, 15) is 28.2 Å². The number of rotatable bonds is 6.